The van der Waals surface area contributed by atoms with Crippen molar-refractivity contribution < 1.29 is 9.15 Å². The number of anilines is 1. The lowest BCUT2D eigenvalue weighted by Crippen LogP contribution is -2.32. The highest BCUT2D eigenvalue weighted by molar-refractivity contribution is 5.95. The number of pyridine rings is 1. The summed E-state index contributed by atoms with van der Waals surface area (Å²) in [5.74, 6) is 1.56. The minimum Gasteiger partial charge on any atom is -0.473 e. The van der Waals surface area contributed by atoms with Crippen molar-refractivity contribution in [2.75, 3.05) is 11.6 Å². The number of fused-ring (bicyclic) bond motifs is 3. The zero-order chi connectivity index (χ0) is 18.2. The van der Waals surface area contributed by atoms with Crippen LogP contribution >= 0.6 is 0 Å². The Balaban J connectivity index is 1.69. The van der Waals surface area contributed by atoms with E-state index in [-0.39, 0.29) is 5.63 Å². The molecule has 2 aromatic heterocycles. The monoisotopic (exact) mass is 356 g/mol. The lowest BCUT2D eigenvalue weighted by molar-refractivity contribution is 0.288. The zero-order valence-electron chi connectivity index (χ0n) is 14.5. The molecular weight excluding hydrogens is 340 g/mol. The maximum Gasteiger partial charge on any atom is 0.336 e. The molecule has 2 aromatic carbocycles. The van der Waals surface area contributed by atoms with E-state index < -0.39 is 0 Å². The fourth-order valence-corrected chi connectivity index (χ4v) is 3.48. The van der Waals surface area contributed by atoms with Crippen LogP contribution in [0, 0.1) is 0 Å². The highest BCUT2D eigenvalue weighted by atomic mass is 16.5. The largest absolute Gasteiger partial charge is 0.473 e. The third kappa shape index (κ3) is 2.73. The van der Waals surface area contributed by atoms with Crippen molar-refractivity contribution in [2.24, 2.45) is 0 Å². The molecule has 5 rings (SSSR count). The van der Waals surface area contributed by atoms with Gasteiger partial charge in [-0.05, 0) is 35.4 Å². The van der Waals surface area contributed by atoms with E-state index in [1.807, 2.05) is 65.6 Å². The fourth-order valence-electron chi connectivity index (χ4n) is 3.48. The Hall–Kier alpha value is -3.60. The first kappa shape index (κ1) is 15.6. The Labute approximate surface area is 155 Å². The van der Waals surface area contributed by atoms with Gasteiger partial charge in [0.05, 0.1) is 12.1 Å². The van der Waals surface area contributed by atoms with Crippen LogP contribution in [0.1, 0.15) is 5.56 Å². The van der Waals surface area contributed by atoms with Gasteiger partial charge >= 0.3 is 5.63 Å². The molecule has 0 spiro atoms. The van der Waals surface area contributed by atoms with Crippen molar-refractivity contribution in [1.29, 1.82) is 0 Å². The summed E-state index contributed by atoms with van der Waals surface area (Å²) in [6.45, 7) is 0.961. The van der Waals surface area contributed by atoms with Gasteiger partial charge < -0.3 is 14.1 Å². The van der Waals surface area contributed by atoms with E-state index in [9.17, 15) is 4.79 Å². The Morgan fingerprint density at radius 3 is 2.63 bits per heavy atom. The lowest BCUT2D eigenvalue weighted by Gasteiger charge is -2.30. The molecule has 0 unspecified atom stereocenters. The molecule has 0 N–H and O–H groups in total. The number of benzene rings is 2. The summed E-state index contributed by atoms with van der Waals surface area (Å²) in [6, 6.07) is 21.1. The van der Waals surface area contributed by atoms with Crippen molar-refractivity contribution in [3.63, 3.8) is 0 Å². The van der Waals surface area contributed by atoms with Crippen LogP contribution in [0.3, 0.4) is 0 Å². The molecule has 0 fully saturated rings. The van der Waals surface area contributed by atoms with E-state index in [2.05, 4.69) is 4.98 Å². The van der Waals surface area contributed by atoms with E-state index in [0.717, 1.165) is 33.6 Å². The molecule has 0 bridgehead atoms. The van der Waals surface area contributed by atoms with Crippen LogP contribution in [0.4, 0.5) is 5.82 Å². The minimum atomic E-state index is -0.371. The second-order valence-electron chi connectivity index (χ2n) is 6.42. The molecule has 132 valence electrons. The normalized spacial score (nSPS) is 13.3. The predicted octanol–water partition coefficient (Wildman–Crippen LogP) is 4.21. The molecule has 0 amide bonds. The van der Waals surface area contributed by atoms with Crippen molar-refractivity contribution in [1.82, 2.24) is 4.98 Å². The van der Waals surface area contributed by atoms with Crippen molar-refractivity contribution in [3.05, 3.63) is 88.9 Å². The standard InChI is InChI=1S/C22H16N2O3/c25-21-12-17(15-6-2-1-3-7-15)16-9-10-19-18(22(16)27-21)13-24(14-26-19)20-8-4-5-11-23-20/h1-12H,13-14H2. The van der Waals surface area contributed by atoms with Gasteiger partial charge in [0.1, 0.15) is 17.2 Å². The summed E-state index contributed by atoms with van der Waals surface area (Å²) in [7, 11) is 0. The van der Waals surface area contributed by atoms with Gasteiger partial charge in [-0.25, -0.2) is 9.78 Å². The first-order valence-electron chi connectivity index (χ1n) is 8.73. The first-order valence-corrected chi connectivity index (χ1v) is 8.73. The van der Waals surface area contributed by atoms with Gasteiger partial charge in [-0.3, -0.25) is 0 Å². The fraction of sp³-hybridized carbons (Fsp3) is 0.0909. The maximum absolute atomic E-state index is 12.3. The maximum atomic E-state index is 12.3. The molecule has 0 saturated carbocycles. The number of nitrogens with zero attached hydrogens (tertiary/aromatic N) is 2. The molecular formula is C22H16N2O3. The Kier molecular flexibility index (Phi) is 3.64. The van der Waals surface area contributed by atoms with Crippen LogP contribution in [0.2, 0.25) is 0 Å². The lowest BCUT2D eigenvalue weighted by atomic mass is 9.99. The van der Waals surface area contributed by atoms with Crippen LogP contribution in [-0.2, 0) is 6.54 Å². The van der Waals surface area contributed by atoms with Gasteiger partial charge in [0.15, 0.2) is 6.73 Å². The minimum absolute atomic E-state index is 0.371. The van der Waals surface area contributed by atoms with E-state index in [1.54, 1.807) is 12.3 Å². The SMILES string of the molecule is O=c1cc(-c2ccccc2)c2ccc3c(c2o1)CN(c1ccccn1)CO3. The average Bonchev–Trinajstić information content (AvgIpc) is 2.74. The number of aromatic nitrogens is 1. The van der Waals surface area contributed by atoms with Crippen LogP contribution in [0.25, 0.3) is 22.1 Å². The topological polar surface area (TPSA) is 55.6 Å². The number of hydrogen-bond acceptors (Lipinski definition) is 5. The van der Waals surface area contributed by atoms with Crippen LogP contribution < -0.4 is 15.3 Å². The Bertz CT molecular complexity index is 1170. The Morgan fingerprint density at radius 1 is 0.963 bits per heavy atom. The molecule has 1 aliphatic heterocycles. The van der Waals surface area contributed by atoms with Gasteiger partial charge in [0.25, 0.3) is 0 Å². The molecule has 27 heavy (non-hydrogen) atoms. The van der Waals surface area contributed by atoms with Crippen LogP contribution in [0.5, 0.6) is 5.75 Å². The van der Waals surface area contributed by atoms with E-state index in [0.29, 0.717) is 18.9 Å². The van der Waals surface area contributed by atoms with Crippen molar-refractivity contribution in [3.8, 4) is 16.9 Å². The highest BCUT2D eigenvalue weighted by Crippen LogP contribution is 2.36. The summed E-state index contributed by atoms with van der Waals surface area (Å²) in [5.41, 5.74) is 2.90. The predicted molar refractivity (Wildman–Crippen MR) is 104 cm³/mol. The molecule has 5 nitrogen and oxygen atoms in total. The summed E-state index contributed by atoms with van der Waals surface area (Å²) < 4.78 is 11.5. The van der Waals surface area contributed by atoms with Crippen molar-refractivity contribution in [2.45, 2.75) is 6.54 Å². The zero-order valence-corrected chi connectivity index (χ0v) is 14.5. The third-order valence-corrected chi connectivity index (χ3v) is 4.76. The number of rotatable bonds is 2. The van der Waals surface area contributed by atoms with Gasteiger partial charge in [-0.2, -0.15) is 0 Å². The quantitative estimate of drug-likeness (QED) is 0.504. The van der Waals surface area contributed by atoms with E-state index in [4.69, 9.17) is 9.15 Å². The molecule has 3 heterocycles. The van der Waals surface area contributed by atoms with Crippen LogP contribution in [-0.4, -0.2) is 11.7 Å². The molecule has 0 aliphatic carbocycles. The molecule has 1 aliphatic rings. The first-order chi connectivity index (χ1) is 13.3. The van der Waals surface area contributed by atoms with Crippen LogP contribution in [0.15, 0.2) is 82.1 Å². The van der Waals surface area contributed by atoms with Gasteiger partial charge in [-0.1, -0.05) is 36.4 Å². The van der Waals surface area contributed by atoms with E-state index in [1.165, 1.54) is 0 Å². The van der Waals surface area contributed by atoms with Crippen molar-refractivity contribution >= 4 is 16.8 Å². The summed E-state index contributed by atoms with van der Waals surface area (Å²) in [4.78, 5) is 18.7. The smallest absolute Gasteiger partial charge is 0.336 e. The molecule has 0 saturated heterocycles. The highest BCUT2D eigenvalue weighted by Gasteiger charge is 2.23. The molecule has 0 radical (unpaired) electrons. The van der Waals surface area contributed by atoms with E-state index >= 15 is 0 Å². The molecule has 4 aromatic rings. The third-order valence-electron chi connectivity index (χ3n) is 4.76. The average molecular weight is 356 g/mol. The summed E-state index contributed by atoms with van der Waals surface area (Å²) in [6.07, 6.45) is 1.75. The molecule has 0 atom stereocenters. The van der Waals surface area contributed by atoms with Gasteiger partial charge in [0.2, 0.25) is 0 Å². The second-order valence-corrected chi connectivity index (χ2v) is 6.42. The van der Waals surface area contributed by atoms with Gasteiger partial charge in [-0.15, -0.1) is 0 Å². The summed E-state index contributed by atoms with van der Waals surface area (Å²) in [5, 5.41) is 0.894. The Morgan fingerprint density at radius 2 is 1.81 bits per heavy atom. The second kappa shape index (κ2) is 6.29. The van der Waals surface area contributed by atoms with Gasteiger partial charge in [0, 0.05) is 17.6 Å². The summed E-state index contributed by atoms with van der Waals surface area (Å²) >= 11 is 0. The number of ether oxygens (including phenoxy) is 1. The number of hydrogen-bond donors (Lipinski definition) is 0. The molecule has 5 heteroatoms.